The van der Waals surface area contributed by atoms with Crippen molar-refractivity contribution in [3.05, 3.63) is 71.3 Å². The van der Waals surface area contributed by atoms with E-state index in [1.54, 1.807) is 24.3 Å². The maximum absolute atomic E-state index is 12.0. The second kappa shape index (κ2) is 8.64. The highest BCUT2D eigenvalue weighted by Gasteiger charge is 2.10. The van der Waals surface area contributed by atoms with Crippen LogP contribution in [0.25, 0.3) is 0 Å². The van der Waals surface area contributed by atoms with Crippen molar-refractivity contribution < 1.29 is 13.2 Å². The number of amides is 2. The van der Waals surface area contributed by atoms with Crippen molar-refractivity contribution in [2.24, 2.45) is 0 Å². The van der Waals surface area contributed by atoms with Crippen LogP contribution in [0.2, 0.25) is 0 Å². The molecule has 2 amide bonds. The number of rotatable bonds is 7. The van der Waals surface area contributed by atoms with Crippen LogP contribution in [0.1, 0.15) is 29.7 Å². The summed E-state index contributed by atoms with van der Waals surface area (Å²) in [6, 6.07) is 16.5. The summed E-state index contributed by atoms with van der Waals surface area (Å²) in [7, 11) is -1.89. The van der Waals surface area contributed by atoms with Crippen molar-refractivity contribution in [2.75, 3.05) is 7.05 Å². The van der Waals surface area contributed by atoms with E-state index in [9.17, 15) is 13.2 Å². The van der Waals surface area contributed by atoms with Gasteiger partial charge in [0.1, 0.15) is 0 Å². The maximum atomic E-state index is 12.0. The van der Waals surface area contributed by atoms with E-state index in [0.29, 0.717) is 12.1 Å². The highest BCUT2D eigenvalue weighted by atomic mass is 32.2. The Morgan fingerprint density at radius 2 is 1.60 bits per heavy atom. The van der Waals surface area contributed by atoms with Gasteiger partial charge in [-0.25, -0.2) is 17.9 Å². The molecule has 0 radical (unpaired) electrons. The molecule has 7 heteroatoms. The Bertz CT molecular complexity index is 790. The number of sulfonamides is 1. The smallest absolute Gasteiger partial charge is 0.315 e. The van der Waals surface area contributed by atoms with E-state index in [2.05, 4.69) is 15.4 Å². The van der Waals surface area contributed by atoms with Gasteiger partial charge in [0.2, 0.25) is 10.0 Å². The molecule has 0 spiro atoms. The van der Waals surface area contributed by atoms with Crippen molar-refractivity contribution in [3.63, 3.8) is 0 Å². The fourth-order valence-corrected chi connectivity index (χ4v) is 3.08. The minimum atomic E-state index is -3.28. The van der Waals surface area contributed by atoms with Gasteiger partial charge < -0.3 is 10.6 Å². The summed E-state index contributed by atoms with van der Waals surface area (Å²) in [6.45, 7) is 2.29. The highest BCUT2D eigenvalue weighted by molar-refractivity contribution is 7.88. The molecule has 134 valence electrons. The fraction of sp³-hybridized carbons (Fsp3) is 0.278. The summed E-state index contributed by atoms with van der Waals surface area (Å²) >= 11 is 0. The van der Waals surface area contributed by atoms with E-state index >= 15 is 0 Å². The average Bonchev–Trinajstić information content (AvgIpc) is 2.61. The average molecular weight is 361 g/mol. The molecule has 2 rings (SSSR count). The molecule has 25 heavy (non-hydrogen) atoms. The third kappa shape index (κ3) is 6.21. The molecule has 0 aliphatic heterocycles. The Morgan fingerprint density at radius 3 is 2.20 bits per heavy atom. The van der Waals surface area contributed by atoms with E-state index < -0.39 is 10.0 Å². The molecule has 0 saturated carbocycles. The Morgan fingerprint density at radius 1 is 1.00 bits per heavy atom. The third-order valence-corrected chi connectivity index (χ3v) is 5.13. The molecule has 0 saturated heterocycles. The predicted octanol–water partition coefficient (Wildman–Crippen LogP) is 2.30. The van der Waals surface area contributed by atoms with Gasteiger partial charge in [0.25, 0.3) is 0 Å². The fourth-order valence-electron chi connectivity index (χ4n) is 2.30. The number of carbonyl (C=O) groups is 1. The van der Waals surface area contributed by atoms with Gasteiger partial charge >= 0.3 is 6.03 Å². The van der Waals surface area contributed by atoms with E-state index in [-0.39, 0.29) is 17.8 Å². The van der Waals surface area contributed by atoms with Gasteiger partial charge in [-0.15, -0.1) is 0 Å². The molecule has 2 aromatic rings. The van der Waals surface area contributed by atoms with E-state index in [1.807, 2.05) is 37.3 Å². The SMILES string of the molecule is CNS(=O)(=O)Cc1ccc(CNC(=O)NC(C)c2ccccc2)cc1. The Kier molecular flexibility index (Phi) is 6.55. The first-order chi connectivity index (χ1) is 11.9. The molecule has 0 fully saturated rings. The molecule has 0 heterocycles. The first-order valence-corrected chi connectivity index (χ1v) is 9.63. The quantitative estimate of drug-likeness (QED) is 0.707. The summed E-state index contributed by atoms with van der Waals surface area (Å²) in [5.41, 5.74) is 2.63. The summed E-state index contributed by atoms with van der Waals surface area (Å²) in [6.07, 6.45) is 0. The van der Waals surface area contributed by atoms with Gasteiger partial charge in [0.15, 0.2) is 0 Å². The van der Waals surface area contributed by atoms with Crippen LogP contribution in [0, 0.1) is 0 Å². The number of carbonyl (C=O) groups excluding carboxylic acids is 1. The molecule has 3 N–H and O–H groups in total. The number of hydrogen-bond donors (Lipinski definition) is 3. The highest BCUT2D eigenvalue weighted by Crippen LogP contribution is 2.11. The molecular formula is C18H23N3O3S. The number of hydrogen-bond acceptors (Lipinski definition) is 3. The number of nitrogens with one attached hydrogen (secondary N) is 3. The lowest BCUT2D eigenvalue weighted by Crippen LogP contribution is -2.36. The van der Waals surface area contributed by atoms with Crippen LogP contribution in [-0.2, 0) is 22.3 Å². The van der Waals surface area contributed by atoms with Crippen molar-refractivity contribution in [1.82, 2.24) is 15.4 Å². The zero-order chi connectivity index (χ0) is 18.3. The molecule has 1 unspecified atom stereocenters. The monoisotopic (exact) mass is 361 g/mol. The standard InChI is InChI=1S/C18H23N3O3S/c1-14(17-6-4-3-5-7-17)21-18(22)20-12-15-8-10-16(11-9-15)13-25(23,24)19-2/h3-11,14,19H,12-13H2,1-2H3,(H2,20,21,22). The molecule has 2 aromatic carbocycles. The van der Waals surface area contributed by atoms with Crippen molar-refractivity contribution in [2.45, 2.75) is 25.3 Å². The first kappa shape index (κ1) is 19.0. The molecule has 0 aromatic heterocycles. The van der Waals surface area contributed by atoms with Gasteiger partial charge in [-0.2, -0.15) is 0 Å². The Hall–Kier alpha value is -2.38. The van der Waals surface area contributed by atoms with Gasteiger partial charge in [-0.05, 0) is 30.7 Å². The second-order valence-corrected chi connectivity index (χ2v) is 7.67. The Labute approximate surface area is 148 Å². The lowest BCUT2D eigenvalue weighted by atomic mass is 10.1. The lowest BCUT2D eigenvalue weighted by molar-refractivity contribution is 0.237. The lowest BCUT2D eigenvalue weighted by Gasteiger charge is -2.15. The second-order valence-electron chi connectivity index (χ2n) is 5.74. The van der Waals surface area contributed by atoms with E-state index in [0.717, 1.165) is 11.1 Å². The minimum Gasteiger partial charge on any atom is -0.334 e. The summed E-state index contributed by atoms with van der Waals surface area (Å²) in [5.74, 6) is -0.0632. The third-order valence-electron chi connectivity index (χ3n) is 3.79. The molecule has 0 aliphatic rings. The molecule has 1 atom stereocenters. The minimum absolute atomic E-state index is 0.0632. The zero-order valence-corrected chi connectivity index (χ0v) is 15.1. The Balaban J connectivity index is 1.83. The summed E-state index contributed by atoms with van der Waals surface area (Å²) < 4.78 is 25.3. The topological polar surface area (TPSA) is 87.3 Å². The van der Waals surface area contributed by atoms with Crippen LogP contribution in [0.4, 0.5) is 4.79 Å². The molecule has 0 bridgehead atoms. The van der Waals surface area contributed by atoms with Crippen LogP contribution in [0.3, 0.4) is 0 Å². The van der Waals surface area contributed by atoms with Crippen LogP contribution in [0.5, 0.6) is 0 Å². The summed E-state index contributed by atoms with van der Waals surface area (Å²) in [5, 5.41) is 5.68. The largest absolute Gasteiger partial charge is 0.334 e. The van der Waals surface area contributed by atoms with E-state index in [4.69, 9.17) is 0 Å². The van der Waals surface area contributed by atoms with Crippen LogP contribution in [-0.4, -0.2) is 21.5 Å². The first-order valence-electron chi connectivity index (χ1n) is 7.98. The van der Waals surface area contributed by atoms with Crippen molar-refractivity contribution in [3.8, 4) is 0 Å². The van der Waals surface area contributed by atoms with Gasteiger partial charge in [0, 0.05) is 6.54 Å². The molecule has 0 aliphatic carbocycles. The van der Waals surface area contributed by atoms with Crippen LogP contribution < -0.4 is 15.4 Å². The molecule has 6 nitrogen and oxygen atoms in total. The van der Waals surface area contributed by atoms with Gasteiger partial charge in [-0.3, -0.25) is 0 Å². The number of urea groups is 1. The van der Waals surface area contributed by atoms with E-state index in [1.165, 1.54) is 7.05 Å². The van der Waals surface area contributed by atoms with Crippen molar-refractivity contribution >= 4 is 16.1 Å². The summed E-state index contributed by atoms with van der Waals surface area (Å²) in [4.78, 5) is 12.0. The van der Waals surface area contributed by atoms with Gasteiger partial charge in [-0.1, -0.05) is 54.6 Å². The number of benzene rings is 2. The predicted molar refractivity (Wildman–Crippen MR) is 98.4 cm³/mol. The zero-order valence-electron chi connectivity index (χ0n) is 14.3. The van der Waals surface area contributed by atoms with Crippen LogP contribution >= 0.6 is 0 Å². The maximum Gasteiger partial charge on any atom is 0.315 e. The van der Waals surface area contributed by atoms with Crippen molar-refractivity contribution in [1.29, 1.82) is 0 Å². The normalized spacial score (nSPS) is 12.4. The van der Waals surface area contributed by atoms with Crippen LogP contribution in [0.15, 0.2) is 54.6 Å². The van der Waals surface area contributed by atoms with Gasteiger partial charge in [0.05, 0.1) is 11.8 Å². The molecular weight excluding hydrogens is 338 g/mol.